The van der Waals surface area contributed by atoms with E-state index in [-0.39, 0.29) is 48.2 Å². The fraction of sp³-hybridized carbons (Fsp3) is 0.682. The highest BCUT2D eigenvalue weighted by Crippen LogP contribution is 2.63. The minimum atomic E-state index is -8.55. The molecule has 0 aliphatic carbocycles. The van der Waals surface area contributed by atoms with Gasteiger partial charge in [0.1, 0.15) is 12.2 Å². The molecule has 0 aliphatic heterocycles. The first-order valence-corrected chi connectivity index (χ1v) is 11.4. The van der Waals surface area contributed by atoms with Gasteiger partial charge in [0, 0.05) is 12.1 Å². The van der Waals surface area contributed by atoms with Crippen LogP contribution in [0.3, 0.4) is 0 Å². The number of benzene rings is 1. The van der Waals surface area contributed by atoms with Crippen LogP contribution < -0.4 is 10.1 Å². The summed E-state index contributed by atoms with van der Waals surface area (Å²) in [4.78, 5) is 13.8. The molecule has 258 valence electrons. The van der Waals surface area contributed by atoms with Gasteiger partial charge in [-0.1, -0.05) is 0 Å². The number of halogens is 18. The number of rotatable bonds is 15. The average Bonchev–Trinajstić information content (AvgIpc) is 2.81. The van der Waals surface area contributed by atoms with Gasteiger partial charge in [0.25, 0.3) is 5.91 Å². The maximum Gasteiger partial charge on any atom is 0.471 e. The molecule has 0 aromatic heterocycles. The van der Waals surface area contributed by atoms with Crippen molar-refractivity contribution in [2.75, 3.05) is 27.2 Å². The molecule has 1 amide bonds. The first-order valence-electron chi connectivity index (χ1n) is 11.4. The van der Waals surface area contributed by atoms with Crippen molar-refractivity contribution >= 4 is 29.9 Å². The lowest BCUT2D eigenvalue weighted by Crippen LogP contribution is -2.73. The van der Waals surface area contributed by atoms with Crippen molar-refractivity contribution in [3.05, 3.63) is 29.8 Å². The van der Waals surface area contributed by atoms with E-state index in [4.69, 9.17) is 0 Å². The Bertz CT molecular complexity index is 1090. The Labute approximate surface area is 254 Å². The minimum absolute atomic E-state index is 0. The maximum atomic E-state index is 14.0. The van der Waals surface area contributed by atoms with Crippen molar-refractivity contribution in [2.45, 2.75) is 67.1 Å². The molecule has 0 unspecified atom stereocenters. The topological polar surface area (TPSA) is 41.6 Å². The zero-order chi connectivity index (χ0) is 34.1. The van der Waals surface area contributed by atoms with E-state index in [1.54, 1.807) is 14.1 Å². The van der Waals surface area contributed by atoms with Crippen molar-refractivity contribution in [1.29, 1.82) is 0 Å². The van der Waals surface area contributed by atoms with E-state index >= 15 is 0 Å². The number of hydrogen-bond acceptors (Lipinski definition) is 3. The van der Waals surface area contributed by atoms with Gasteiger partial charge in [0.2, 0.25) is 0 Å². The van der Waals surface area contributed by atoms with E-state index in [9.17, 15) is 79.4 Å². The summed E-state index contributed by atoms with van der Waals surface area (Å²) in [5.41, 5.74) is -0.367. The van der Waals surface area contributed by atoms with Gasteiger partial charge in [-0.05, 0) is 57.7 Å². The van der Waals surface area contributed by atoms with Crippen LogP contribution >= 0.6 is 24.0 Å². The quantitative estimate of drug-likeness (QED) is 0.111. The van der Waals surface area contributed by atoms with Gasteiger partial charge >= 0.3 is 47.8 Å². The molecule has 0 fully saturated rings. The molecule has 0 saturated carbocycles. The van der Waals surface area contributed by atoms with Crippen LogP contribution in [0, 0.1) is 0 Å². The number of nitrogens with one attached hydrogen (secondary N) is 1. The largest absolute Gasteiger partial charge is 0.471 e. The molecule has 0 saturated heterocycles. The second kappa shape index (κ2) is 13.8. The van der Waals surface area contributed by atoms with Gasteiger partial charge in [-0.3, -0.25) is 4.79 Å². The monoisotopic (exact) mass is 796 g/mol. The fourth-order valence-electron chi connectivity index (χ4n) is 3.11. The highest BCUT2D eigenvalue weighted by molar-refractivity contribution is 14.0. The van der Waals surface area contributed by atoms with E-state index in [0.717, 1.165) is 0 Å². The molecule has 1 rings (SSSR count). The molecule has 0 radical (unpaired) electrons. The van der Waals surface area contributed by atoms with Crippen LogP contribution in [0.1, 0.15) is 29.6 Å². The number of carbonyl (C=O) groups is 1. The molecule has 4 nitrogen and oxygen atoms in total. The summed E-state index contributed by atoms with van der Waals surface area (Å²) in [6.45, 7) is 0.751. The van der Waals surface area contributed by atoms with Crippen molar-refractivity contribution < 1.29 is 84.2 Å². The molecule has 0 atom stereocenters. The summed E-state index contributed by atoms with van der Waals surface area (Å²) >= 11 is 0. The van der Waals surface area contributed by atoms with E-state index in [1.807, 2.05) is 4.90 Å². The van der Waals surface area contributed by atoms with Gasteiger partial charge in [0.15, 0.2) is 0 Å². The second-order valence-corrected chi connectivity index (χ2v) is 9.28. The summed E-state index contributed by atoms with van der Waals surface area (Å²) in [6.07, 6.45) is -16.7. The van der Waals surface area contributed by atoms with Crippen LogP contribution in [-0.2, 0) is 0 Å². The predicted molar refractivity (Wildman–Crippen MR) is 128 cm³/mol. The van der Waals surface area contributed by atoms with Gasteiger partial charge in [-0.25, -0.2) is 0 Å². The Morgan fingerprint density at radius 2 is 1.11 bits per heavy atom. The standard InChI is InChI=1S/C22H21F17N2O2.HI/c1-41(2)10-4-3-9-40-14(42)12-5-7-13(8-6-12)43-22(38,39)21(36,37)20(34,35)19(32,33)18(30,31)17(28,29)15(23,24)11-16(25,26)27;/h5-8H,3-4,9-11H2,1-2H3,(H,40,42);1H. The average molecular weight is 796 g/mol. The normalized spacial score (nSPS) is 14.4. The van der Waals surface area contributed by atoms with Crippen molar-refractivity contribution in [3.8, 4) is 5.75 Å². The Hall–Kier alpha value is -2.01. The zero-order valence-electron chi connectivity index (χ0n) is 21.9. The number of nitrogens with zero attached hydrogens (tertiary/aromatic N) is 1. The fourth-order valence-corrected chi connectivity index (χ4v) is 3.11. The number of carbonyl (C=O) groups excluding carboxylic acids is 1. The predicted octanol–water partition coefficient (Wildman–Crippen LogP) is 8.11. The highest BCUT2D eigenvalue weighted by Gasteiger charge is 2.93. The molecular weight excluding hydrogens is 774 g/mol. The lowest BCUT2D eigenvalue weighted by Gasteiger charge is -2.42. The molecule has 0 bridgehead atoms. The Balaban J connectivity index is 0.0000185. The van der Waals surface area contributed by atoms with Gasteiger partial charge in [0.05, 0.1) is 0 Å². The molecule has 1 aromatic rings. The lowest BCUT2D eigenvalue weighted by molar-refractivity contribution is -0.459. The summed E-state index contributed by atoms with van der Waals surface area (Å²) in [5.74, 6) is -51.3. The molecule has 1 aromatic carbocycles. The third kappa shape index (κ3) is 8.42. The lowest BCUT2D eigenvalue weighted by atomic mass is 9.90. The first kappa shape index (κ1) is 42.0. The molecule has 22 heteroatoms. The molecular formula is C22H22F17IN2O2. The number of alkyl halides is 17. The number of unbranched alkanes of at least 4 members (excludes halogenated alkanes) is 1. The highest BCUT2D eigenvalue weighted by atomic mass is 127. The summed E-state index contributed by atoms with van der Waals surface area (Å²) in [5, 5.41) is 2.35. The summed E-state index contributed by atoms with van der Waals surface area (Å²) < 4.78 is 232. The summed E-state index contributed by atoms with van der Waals surface area (Å²) in [7, 11) is 3.54. The van der Waals surface area contributed by atoms with Crippen LogP contribution in [0.15, 0.2) is 24.3 Å². The van der Waals surface area contributed by atoms with E-state index < -0.39 is 65.9 Å². The molecule has 0 heterocycles. The number of ether oxygens (including phenoxy) is 1. The third-order valence-corrected chi connectivity index (χ3v) is 5.50. The Morgan fingerprint density at radius 3 is 1.55 bits per heavy atom. The smallest absolute Gasteiger partial charge is 0.428 e. The Morgan fingerprint density at radius 1 is 0.682 bits per heavy atom. The molecule has 44 heavy (non-hydrogen) atoms. The van der Waals surface area contributed by atoms with Crippen LogP contribution in [-0.4, -0.2) is 85.8 Å². The van der Waals surface area contributed by atoms with Gasteiger partial charge in [-0.15, -0.1) is 24.0 Å². The van der Waals surface area contributed by atoms with E-state index in [2.05, 4.69) is 10.1 Å². The van der Waals surface area contributed by atoms with E-state index in [1.165, 1.54) is 0 Å². The van der Waals surface area contributed by atoms with Crippen molar-refractivity contribution in [2.24, 2.45) is 0 Å². The first-order chi connectivity index (χ1) is 19.0. The number of amides is 1. The SMILES string of the molecule is CN(C)CCCCNC(=O)c1ccc(OC(F)(F)C(F)(F)C(F)(F)C(F)(F)C(F)(F)C(F)(F)C(F)(F)CC(F)(F)F)cc1.I. The molecule has 0 spiro atoms. The molecule has 1 N–H and O–H groups in total. The van der Waals surface area contributed by atoms with Crippen LogP contribution in [0.5, 0.6) is 5.75 Å². The maximum absolute atomic E-state index is 14.0. The van der Waals surface area contributed by atoms with Crippen LogP contribution in [0.25, 0.3) is 0 Å². The molecule has 0 aliphatic rings. The zero-order valence-corrected chi connectivity index (χ0v) is 24.3. The Kier molecular flexibility index (Phi) is 13.1. The van der Waals surface area contributed by atoms with Gasteiger partial charge in [-0.2, -0.15) is 74.6 Å². The van der Waals surface area contributed by atoms with Crippen molar-refractivity contribution in [3.63, 3.8) is 0 Å². The second-order valence-electron chi connectivity index (χ2n) is 9.28. The van der Waals surface area contributed by atoms with Crippen LogP contribution in [0.2, 0.25) is 0 Å². The minimum Gasteiger partial charge on any atom is -0.428 e. The summed E-state index contributed by atoms with van der Waals surface area (Å²) in [6, 6.07) is 1.59. The van der Waals surface area contributed by atoms with Crippen molar-refractivity contribution in [1.82, 2.24) is 10.2 Å². The third-order valence-electron chi connectivity index (χ3n) is 5.50. The van der Waals surface area contributed by atoms with Crippen LogP contribution in [0.4, 0.5) is 74.6 Å². The van der Waals surface area contributed by atoms with Gasteiger partial charge < -0.3 is 15.0 Å². The number of hydrogen-bond donors (Lipinski definition) is 1. The van der Waals surface area contributed by atoms with E-state index in [0.29, 0.717) is 31.5 Å².